The van der Waals surface area contributed by atoms with Crippen molar-refractivity contribution in [1.29, 1.82) is 0 Å². The Bertz CT molecular complexity index is 423. The summed E-state index contributed by atoms with van der Waals surface area (Å²) in [5.41, 5.74) is 0. The maximum absolute atomic E-state index is 10.1. The van der Waals surface area contributed by atoms with Gasteiger partial charge in [-0.25, -0.2) is 9.59 Å². The van der Waals surface area contributed by atoms with Gasteiger partial charge in [0.2, 0.25) is 0 Å². The summed E-state index contributed by atoms with van der Waals surface area (Å²) in [5, 5.41) is 39.4. The van der Waals surface area contributed by atoms with Crippen molar-refractivity contribution in [3.8, 4) is 0 Å². The first kappa shape index (κ1) is 21.5. The van der Waals surface area contributed by atoms with E-state index in [2.05, 4.69) is 0 Å². The number of hydrogen-bond acceptors (Lipinski definition) is 6. The van der Waals surface area contributed by atoms with E-state index in [0.717, 1.165) is 38.8 Å². The first-order valence-corrected chi connectivity index (χ1v) is 7.46. The molecule has 0 aromatic carbocycles. The summed E-state index contributed by atoms with van der Waals surface area (Å²) in [6.07, 6.45) is 4.70. The van der Waals surface area contributed by atoms with E-state index in [4.69, 9.17) is 10.2 Å². The number of nitrogens with two attached hydrogens (primary N) is 2. The van der Waals surface area contributed by atoms with E-state index in [0.29, 0.717) is 12.2 Å². The molecule has 136 valence electrons. The van der Waals surface area contributed by atoms with Gasteiger partial charge in [-0.3, -0.25) is 0 Å². The molecule has 2 heterocycles. The van der Waals surface area contributed by atoms with Gasteiger partial charge in [-0.15, -0.1) is 0 Å². The molecular weight excluding hydrogens is 324 g/mol. The molecule has 0 radical (unpaired) electrons. The van der Waals surface area contributed by atoms with Gasteiger partial charge in [-0.1, -0.05) is 0 Å². The van der Waals surface area contributed by atoms with Crippen LogP contribution in [0, 0.1) is 0 Å². The van der Waals surface area contributed by atoms with Crippen LogP contribution in [-0.4, -0.2) is 59.3 Å². The van der Waals surface area contributed by atoms with Crippen molar-refractivity contribution < 1.29 is 50.2 Å². The Balaban J connectivity index is 0.000000331. The Morgan fingerprint density at radius 3 is 1.25 bits per heavy atom. The molecule has 0 bridgehead atoms. The second kappa shape index (κ2) is 12.0. The summed E-state index contributed by atoms with van der Waals surface area (Å²) < 4.78 is 0. The van der Waals surface area contributed by atoms with Gasteiger partial charge in [0.15, 0.2) is 0 Å². The van der Waals surface area contributed by atoms with Gasteiger partial charge < -0.3 is 40.6 Å². The van der Waals surface area contributed by atoms with Crippen molar-refractivity contribution in [1.82, 2.24) is 0 Å². The molecule has 0 aromatic heterocycles. The van der Waals surface area contributed by atoms with Crippen LogP contribution in [0.15, 0.2) is 12.2 Å². The lowest BCUT2D eigenvalue weighted by Crippen LogP contribution is -2.89. The van der Waals surface area contributed by atoms with Crippen molar-refractivity contribution in [3.63, 3.8) is 0 Å². The summed E-state index contributed by atoms with van der Waals surface area (Å²) in [5.74, 6) is -4.34. The monoisotopic (exact) mass is 346 g/mol. The molecule has 0 aliphatic carbocycles. The summed E-state index contributed by atoms with van der Waals surface area (Å²) in [4.78, 5) is 39.2. The molecule has 24 heavy (non-hydrogen) atoms. The van der Waals surface area contributed by atoms with Crippen molar-refractivity contribution >= 4 is 23.9 Å². The predicted molar refractivity (Wildman–Crippen MR) is 74.1 cm³/mol. The first-order chi connectivity index (χ1) is 11.2. The van der Waals surface area contributed by atoms with Gasteiger partial charge in [0.1, 0.15) is 12.1 Å². The van der Waals surface area contributed by atoms with Crippen LogP contribution in [0.3, 0.4) is 0 Å². The zero-order valence-corrected chi connectivity index (χ0v) is 13.1. The first-order valence-electron chi connectivity index (χ1n) is 7.46. The van der Waals surface area contributed by atoms with Gasteiger partial charge in [-0.05, 0) is 0 Å². The fraction of sp³-hybridized carbons (Fsp3) is 0.571. The van der Waals surface area contributed by atoms with Crippen LogP contribution in [0.5, 0.6) is 0 Å². The average molecular weight is 346 g/mol. The minimum Gasteiger partial charge on any atom is -0.544 e. The highest BCUT2D eigenvalue weighted by Crippen LogP contribution is 1.94. The average Bonchev–Trinajstić information content (AvgIpc) is 3.19. The molecule has 0 saturated carbocycles. The van der Waals surface area contributed by atoms with Crippen molar-refractivity contribution in [3.05, 3.63) is 12.2 Å². The molecule has 2 fully saturated rings. The normalized spacial score (nSPS) is 22.0. The maximum atomic E-state index is 10.1. The third-order valence-corrected chi connectivity index (χ3v) is 3.31. The third-order valence-electron chi connectivity index (χ3n) is 3.31. The van der Waals surface area contributed by atoms with E-state index in [1.165, 1.54) is 0 Å². The van der Waals surface area contributed by atoms with Crippen LogP contribution in [0.1, 0.15) is 25.7 Å². The van der Waals surface area contributed by atoms with Crippen LogP contribution in [-0.2, 0) is 19.2 Å². The molecule has 0 aromatic rings. The summed E-state index contributed by atoms with van der Waals surface area (Å²) in [7, 11) is 0. The lowest BCUT2D eigenvalue weighted by molar-refractivity contribution is -0.664. The highest BCUT2D eigenvalue weighted by molar-refractivity contribution is 5.89. The van der Waals surface area contributed by atoms with Crippen LogP contribution in [0.25, 0.3) is 0 Å². The quantitative estimate of drug-likeness (QED) is 0.363. The van der Waals surface area contributed by atoms with E-state index < -0.39 is 23.9 Å². The lowest BCUT2D eigenvalue weighted by Gasteiger charge is -2.05. The summed E-state index contributed by atoms with van der Waals surface area (Å²) >= 11 is 0. The molecule has 10 heteroatoms. The molecule has 2 atom stereocenters. The van der Waals surface area contributed by atoms with Gasteiger partial charge in [0, 0.05) is 37.8 Å². The smallest absolute Gasteiger partial charge is 0.328 e. The number of carboxylic acid groups (broad SMARTS) is 4. The van der Waals surface area contributed by atoms with Crippen molar-refractivity contribution in [2.24, 2.45) is 0 Å². The maximum Gasteiger partial charge on any atom is 0.328 e. The Morgan fingerprint density at radius 1 is 0.792 bits per heavy atom. The SMILES string of the molecule is O=C(O)/C=C/C(=O)O.O=C([O-])[C@H]1CCC[NH2+]1.O=C([O-])[C@H]1CCC[NH2+]1. The number of hydrogen-bond donors (Lipinski definition) is 4. The zero-order chi connectivity index (χ0) is 18.5. The van der Waals surface area contributed by atoms with Gasteiger partial charge in [0.25, 0.3) is 0 Å². The molecule has 2 aliphatic rings. The van der Waals surface area contributed by atoms with Crippen LogP contribution in [0.2, 0.25) is 0 Å². The number of quaternary nitrogens is 2. The Hall–Kier alpha value is -2.46. The van der Waals surface area contributed by atoms with Crippen molar-refractivity contribution in [2.75, 3.05) is 13.1 Å². The molecular formula is C14H22N2O8. The van der Waals surface area contributed by atoms with Crippen molar-refractivity contribution in [2.45, 2.75) is 37.8 Å². The standard InChI is InChI=1S/2C5H9NO2.C4H4O4/c2*7-5(8)4-2-1-3-6-4;5-3(6)1-2-4(7)8/h2*4,6H,1-3H2,(H,7,8);1-2H,(H,5,6)(H,7,8)/b;;2-1+/t2*4-;/m11./s1. The van der Waals surface area contributed by atoms with E-state index in [1.807, 2.05) is 10.6 Å². The lowest BCUT2D eigenvalue weighted by atomic mass is 10.2. The fourth-order valence-electron chi connectivity index (χ4n) is 2.12. The Labute approximate surface area is 138 Å². The van der Waals surface area contributed by atoms with E-state index in [-0.39, 0.29) is 12.1 Å². The van der Waals surface area contributed by atoms with Gasteiger partial charge >= 0.3 is 11.9 Å². The molecule has 6 N–H and O–H groups in total. The Morgan fingerprint density at radius 2 is 1.12 bits per heavy atom. The minimum atomic E-state index is -1.26. The predicted octanol–water partition coefficient (Wildman–Crippen LogP) is -5.36. The molecule has 2 aliphatic heterocycles. The van der Waals surface area contributed by atoms with Crippen LogP contribution < -0.4 is 20.8 Å². The number of rotatable bonds is 4. The van der Waals surface area contributed by atoms with E-state index in [9.17, 15) is 29.4 Å². The largest absolute Gasteiger partial charge is 0.544 e. The summed E-state index contributed by atoms with van der Waals surface area (Å²) in [6, 6.07) is -0.509. The summed E-state index contributed by atoms with van der Waals surface area (Å²) in [6.45, 7) is 1.89. The van der Waals surface area contributed by atoms with Gasteiger partial charge in [0.05, 0.1) is 25.0 Å². The number of carbonyl (C=O) groups is 4. The van der Waals surface area contributed by atoms with Gasteiger partial charge in [-0.2, -0.15) is 0 Å². The molecule has 0 spiro atoms. The third kappa shape index (κ3) is 11.2. The van der Waals surface area contributed by atoms with Crippen LogP contribution >= 0.6 is 0 Å². The fourth-order valence-corrected chi connectivity index (χ4v) is 2.12. The van der Waals surface area contributed by atoms with E-state index in [1.54, 1.807) is 0 Å². The van der Waals surface area contributed by atoms with E-state index >= 15 is 0 Å². The topological polar surface area (TPSA) is 188 Å². The number of carbonyl (C=O) groups excluding carboxylic acids is 2. The highest BCUT2D eigenvalue weighted by Gasteiger charge is 2.18. The molecule has 2 saturated heterocycles. The molecule has 2 rings (SSSR count). The number of aliphatic carboxylic acids is 4. The zero-order valence-electron chi connectivity index (χ0n) is 13.1. The second-order valence-electron chi connectivity index (χ2n) is 5.19. The molecule has 10 nitrogen and oxygen atoms in total. The molecule has 0 amide bonds. The Kier molecular flexibility index (Phi) is 10.8. The minimum absolute atomic E-state index is 0.255. The second-order valence-corrected chi connectivity index (χ2v) is 5.19. The van der Waals surface area contributed by atoms with Crippen LogP contribution in [0.4, 0.5) is 0 Å². The number of carboxylic acids is 4. The molecule has 0 unspecified atom stereocenters. The highest BCUT2D eigenvalue weighted by atomic mass is 16.4.